The van der Waals surface area contributed by atoms with Crippen molar-refractivity contribution in [3.8, 4) is 0 Å². The zero-order valence-electron chi connectivity index (χ0n) is 13.2. The molecule has 5 nitrogen and oxygen atoms in total. The molecule has 2 heterocycles. The first-order valence-corrected chi connectivity index (χ1v) is 7.87. The molecule has 2 N–H and O–H groups in total. The van der Waals surface area contributed by atoms with Crippen LogP contribution in [0, 0.1) is 6.92 Å². The van der Waals surface area contributed by atoms with Gasteiger partial charge in [0, 0.05) is 18.3 Å². The van der Waals surface area contributed by atoms with Gasteiger partial charge in [-0.2, -0.15) is 0 Å². The van der Waals surface area contributed by atoms with Crippen molar-refractivity contribution in [1.82, 2.24) is 14.9 Å². The third-order valence-corrected chi connectivity index (χ3v) is 4.93. The van der Waals surface area contributed by atoms with Crippen LogP contribution in [-0.2, 0) is 18.3 Å². The molecule has 0 unspecified atom stereocenters. The van der Waals surface area contributed by atoms with Crippen LogP contribution in [0.4, 0.5) is 0 Å². The van der Waals surface area contributed by atoms with Gasteiger partial charge in [0.15, 0.2) is 5.78 Å². The molecular weight excluding hydrogens is 290 g/mol. The second kappa shape index (κ2) is 5.06. The third-order valence-electron chi connectivity index (χ3n) is 4.93. The maximum absolute atomic E-state index is 12.7. The highest BCUT2D eigenvalue weighted by atomic mass is 16.3. The van der Waals surface area contributed by atoms with Gasteiger partial charge in [-0.25, -0.2) is 4.98 Å². The SMILES string of the molecule is Cc1nc2c(n1C)CCC1=C2N[C@H](c2ccccc2)[C@@H](O)C1=O. The number of ketones is 1. The van der Waals surface area contributed by atoms with Crippen LogP contribution in [0.2, 0.25) is 0 Å². The molecule has 0 fully saturated rings. The molecule has 0 bridgehead atoms. The first kappa shape index (κ1) is 14.2. The van der Waals surface area contributed by atoms with E-state index in [9.17, 15) is 9.90 Å². The number of hydrogen-bond acceptors (Lipinski definition) is 4. The summed E-state index contributed by atoms with van der Waals surface area (Å²) < 4.78 is 2.08. The molecule has 2 aliphatic rings. The zero-order chi connectivity index (χ0) is 16.1. The number of aromatic nitrogens is 2. The highest BCUT2D eigenvalue weighted by molar-refractivity contribution is 6.07. The number of nitrogens with zero attached hydrogens (tertiary/aromatic N) is 2. The smallest absolute Gasteiger partial charge is 0.191 e. The maximum atomic E-state index is 12.7. The number of carbonyl (C=O) groups is 1. The molecular formula is C18H19N3O2. The second-order valence-electron chi connectivity index (χ2n) is 6.21. The van der Waals surface area contributed by atoms with E-state index in [1.165, 1.54) is 0 Å². The summed E-state index contributed by atoms with van der Waals surface area (Å²) in [7, 11) is 2.00. The molecule has 1 aliphatic heterocycles. The molecule has 4 rings (SSSR count). The summed E-state index contributed by atoms with van der Waals surface area (Å²) in [5, 5.41) is 13.8. The predicted molar refractivity (Wildman–Crippen MR) is 86.5 cm³/mol. The minimum atomic E-state index is -1.05. The number of carbonyl (C=O) groups excluding carboxylic acids is 1. The number of imidazole rings is 1. The Balaban J connectivity index is 1.83. The van der Waals surface area contributed by atoms with Gasteiger partial charge < -0.3 is 15.0 Å². The fourth-order valence-electron chi connectivity index (χ4n) is 3.55. The molecule has 118 valence electrons. The van der Waals surface area contributed by atoms with E-state index < -0.39 is 12.1 Å². The van der Waals surface area contributed by atoms with E-state index >= 15 is 0 Å². The quantitative estimate of drug-likeness (QED) is 0.841. The standard InChI is InChI=1S/C18H19N3O2/c1-10-19-16-13(21(10)2)9-8-12-15(16)20-14(18(23)17(12)22)11-6-4-3-5-7-11/h3-7,14,18,20,23H,8-9H2,1-2H3/t14-,18-/m1/s1. The lowest BCUT2D eigenvalue weighted by molar-refractivity contribution is -0.125. The minimum Gasteiger partial charge on any atom is -0.382 e. The average Bonchev–Trinajstić information content (AvgIpc) is 2.86. The molecule has 1 aliphatic carbocycles. The minimum absolute atomic E-state index is 0.179. The van der Waals surface area contributed by atoms with Crippen LogP contribution in [0.5, 0.6) is 0 Å². The number of rotatable bonds is 1. The van der Waals surface area contributed by atoms with Gasteiger partial charge in [-0.05, 0) is 25.3 Å². The van der Waals surface area contributed by atoms with Crippen LogP contribution in [0.3, 0.4) is 0 Å². The fraction of sp³-hybridized carbons (Fsp3) is 0.333. The van der Waals surface area contributed by atoms with Crippen molar-refractivity contribution in [3.05, 3.63) is 58.7 Å². The van der Waals surface area contributed by atoms with Crippen molar-refractivity contribution >= 4 is 11.5 Å². The first-order valence-electron chi connectivity index (χ1n) is 7.87. The molecule has 1 aromatic heterocycles. The molecule has 0 radical (unpaired) electrons. The van der Waals surface area contributed by atoms with E-state index in [4.69, 9.17) is 0 Å². The summed E-state index contributed by atoms with van der Waals surface area (Å²) in [6, 6.07) is 9.16. The van der Waals surface area contributed by atoms with Crippen LogP contribution < -0.4 is 5.32 Å². The Labute approximate surface area is 134 Å². The van der Waals surface area contributed by atoms with Gasteiger partial charge in [0.2, 0.25) is 0 Å². The topological polar surface area (TPSA) is 67.2 Å². The van der Waals surface area contributed by atoms with Crippen molar-refractivity contribution in [2.75, 3.05) is 0 Å². The van der Waals surface area contributed by atoms with Gasteiger partial charge in [-0.1, -0.05) is 30.3 Å². The Morgan fingerprint density at radius 1 is 1.26 bits per heavy atom. The largest absolute Gasteiger partial charge is 0.382 e. The summed E-state index contributed by atoms with van der Waals surface area (Å²) in [5.74, 6) is 0.752. The summed E-state index contributed by atoms with van der Waals surface area (Å²) in [5.41, 5.74) is 4.37. The van der Waals surface area contributed by atoms with Crippen LogP contribution in [0.1, 0.15) is 35.2 Å². The molecule has 0 saturated heterocycles. The van der Waals surface area contributed by atoms with Crippen LogP contribution in [-0.4, -0.2) is 26.5 Å². The van der Waals surface area contributed by atoms with Gasteiger partial charge in [-0.3, -0.25) is 4.79 Å². The van der Waals surface area contributed by atoms with Crippen LogP contribution in [0.25, 0.3) is 5.70 Å². The number of aryl methyl sites for hydroxylation is 1. The summed E-state index contributed by atoms with van der Waals surface area (Å²) in [4.78, 5) is 17.3. The number of nitrogens with one attached hydrogen (secondary N) is 1. The van der Waals surface area contributed by atoms with Crippen molar-refractivity contribution in [2.24, 2.45) is 7.05 Å². The van der Waals surface area contributed by atoms with Gasteiger partial charge in [0.25, 0.3) is 0 Å². The van der Waals surface area contributed by atoms with Crippen LogP contribution >= 0.6 is 0 Å². The van der Waals surface area contributed by atoms with E-state index in [0.29, 0.717) is 12.0 Å². The number of aliphatic hydroxyl groups is 1. The summed E-state index contributed by atoms with van der Waals surface area (Å²) in [6.07, 6.45) is 0.371. The Kier molecular flexibility index (Phi) is 3.13. The molecule has 2 atom stereocenters. The second-order valence-corrected chi connectivity index (χ2v) is 6.21. The number of fused-ring (bicyclic) bond motifs is 2. The molecule has 23 heavy (non-hydrogen) atoms. The third kappa shape index (κ3) is 2.04. The molecule has 0 spiro atoms. The van der Waals surface area contributed by atoms with Crippen molar-refractivity contribution in [2.45, 2.75) is 31.9 Å². The highest BCUT2D eigenvalue weighted by Gasteiger charge is 2.40. The average molecular weight is 309 g/mol. The lowest BCUT2D eigenvalue weighted by Crippen LogP contribution is -2.44. The van der Waals surface area contributed by atoms with E-state index in [1.807, 2.05) is 44.3 Å². The van der Waals surface area contributed by atoms with Gasteiger partial charge >= 0.3 is 0 Å². The van der Waals surface area contributed by atoms with Crippen molar-refractivity contribution < 1.29 is 9.90 Å². The number of benzene rings is 1. The number of Topliss-reactive ketones (excluding diaryl/α,β-unsaturated/α-hetero) is 1. The number of aliphatic hydroxyl groups excluding tert-OH is 1. The molecule has 0 amide bonds. The highest BCUT2D eigenvalue weighted by Crippen LogP contribution is 2.37. The lowest BCUT2D eigenvalue weighted by Gasteiger charge is -2.34. The molecule has 1 aromatic carbocycles. The summed E-state index contributed by atoms with van der Waals surface area (Å²) >= 11 is 0. The number of hydrogen-bond donors (Lipinski definition) is 2. The zero-order valence-corrected chi connectivity index (χ0v) is 13.2. The van der Waals surface area contributed by atoms with E-state index in [2.05, 4.69) is 14.9 Å². The van der Waals surface area contributed by atoms with E-state index in [0.717, 1.165) is 34.9 Å². The Bertz CT molecular complexity index is 820. The predicted octanol–water partition coefficient (Wildman–Crippen LogP) is 1.66. The summed E-state index contributed by atoms with van der Waals surface area (Å²) in [6.45, 7) is 1.97. The Hall–Kier alpha value is -2.40. The maximum Gasteiger partial charge on any atom is 0.191 e. The fourth-order valence-corrected chi connectivity index (χ4v) is 3.55. The molecule has 5 heteroatoms. The van der Waals surface area contributed by atoms with Gasteiger partial charge in [-0.15, -0.1) is 0 Å². The molecule has 2 aromatic rings. The van der Waals surface area contributed by atoms with Crippen LogP contribution in [0.15, 0.2) is 35.9 Å². The van der Waals surface area contributed by atoms with Crippen molar-refractivity contribution in [3.63, 3.8) is 0 Å². The normalized spacial score (nSPS) is 23.3. The van der Waals surface area contributed by atoms with Gasteiger partial charge in [0.05, 0.1) is 11.7 Å². The molecule has 0 saturated carbocycles. The monoisotopic (exact) mass is 309 g/mol. The van der Waals surface area contributed by atoms with E-state index in [1.54, 1.807) is 0 Å². The first-order chi connectivity index (χ1) is 11.1. The Morgan fingerprint density at radius 3 is 2.74 bits per heavy atom. The Morgan fingerprint density at radius 2 is 2.00 bits per heavy atom. The van der Waals surface area contributed by atoms with Gasteiger partial charge in [0.1, 0.15) is 17.6 Å². The van der Waals surface area contributed by atoms with Crippen molar-refractivity contribution in [1.29, 1.82) is 0 Å². The van der Waals surface area contributed by atoms with E-state index in [-0.39, 0.29) is 5.78 Å². The lowest BCUT2D eigenvalue weighted by atomic mass is 9.84.